The van der Waals surface area contributed by atoms with Crippen molar-refractivity contribution in [2.24, 2.45) is 0 Å². The van der Waals surface area contributed by atoms with Crippen LogP contribution < -0.4 is 12.4 Å². The van der Waals surface area contributed by atoms with Gasteiger partial charge in [0.25, 0.3) is 0 Å². The minimum atomic E-state index is 0. The van der Waals surface area contributed by atoms with Gasteiger partial charge in [-0.1, -0.05) is 0 Å². The molecule has 0 heterocycles. The van der Waals surface area contributed by atoms with Crippen LogP contribution in [0.1, 0.15) is 6.92 Å². The average Bonchev–Trinajstić information content (AvgIpc) is 1.35. The van der Waals surface area contributed by atoms with Gasteiger partial charge in [-0.05, 0) is 6.92 Å². The molecular weight excluding hydrogens is 126 g/mol. The quantitative estimate of drug-likeness (QED) is 0.347. The molecule has 0 aromatic rings. The van der Waals surface area contributed by atoms with E-state index < -0.39 is 0 Å². The molecule has 0 bridgehead atoms. The molecule has 0 saturated heterocycles. The van der Waals surface area contributed by atoms with Gasteiger partial charge in [-0.15, -0.1) is 0 Å². The normalized spacial score (nSPS) is 9.00. The second-order valence-electron chi connectivity index (χ2n) is 2.61. The standard InChI is InChI=1S/C5H14N.ClH.H2O/c1-5-6(2,3)4;;/h5H2,1-4H3;1H;1H2/q+1;;/p-1. The minimum absolute atomic E-state index is 0. The molecule has 0 aromatic heterocycles. The number of halogens is 1. The van der Waals surface area contributed by atoms with Crippen molar-refractivity contribution >= 4 is 0 Å². The maximum atomic E-state index is 2.18. The molecule has 0 amide bonds. The lowest BCUT2D eigenvalue weighted by Crippen LogP contribution is -3.00. The lowest BCUT2D eigenvalue weighted by molar-refractivity contribution is -0.868. The lowest BCUT2D eigenvalue weighted by Gasteiger charge is -2.20. The van der Waals surface area contributed by atoms with E-state index in [9.17, 15) is 0 Å². The molecule has 2 N–H and O–H groups in total. The summed E-state index contributed by atoms with van der Waals surface area (Å²) >= 11 is 0. The molecule has 0 saturated carbocycles. The first-order valence-electron chi connectivity index (χ1n) is 2.36. The zero-order chi connectivity index (χ0) is 5.21. The van der Waals surface area contributed by atoms with Gasteiger partial charge in [-0.3, -0.25) is 0 Å². The third kappa shape index (κ3) is 16.4. The molecule has 8 heavy (non-hydrogen) atoms. The van der Waals surface area contributed by atoms with Gasteiger partial charge in [-0.25, -0.2) is 0 Å². The van der Waals surface area contributed by atoms with Gasteiger partial charge >= 0.3 is 0 Å². The molecule has 0 rings (SSSR count). The Balaban J connectivity index is -0.000000125. The van der Waals surface area contributed by atoms with Crippen molar-refractivity contribution in [3.63, 3.8) is 0 Å². The van der Waals surface area contributed by atoms with Crippen LogP contribution in [0, 0.1) is 0 Å². The zero-order valence-corrected chi connectivity index (χ0v) is 6.79. The maximum Gasteiger partial charge on any atom is 0.0751 e. The predicted octanol–water partition coefficient (Wildman–Crippen LogP) is -3.11. The summed E-state index contributed by atoms with van der Waals surface area (Å²) in [5, 5.41) is 0. The Morgan fingerprint density at radius 3 is 1.25 bits per heavy atom. The van der Waals surface area contributed by atoms with Crippen LogP contribution in [0.5, 0.6) is 0 Å². The highest BCUT2D eigenvalue weighted by Crippen LogP contribution is 1.83. The molecule has 54 valence electrons. The first kappa shape index (κ1) is 15.7. The molecule has 0 aliphatic rings. The van der Waals surface area contributed by atoms with E-state index in [4.69, 9.17) is 0 Å². The van der Waals surface area contributed by atoms with E-state index in [2.05, 4.69) is 28.1 Å². The van der Waals surface area contributed by atoms with Crippen LogP contribution in [0.15, 0.2) is 0 Å². The van der Waals surface area contributed by atoms with E-state index in [-0.39, 0.29) is 17.9 Å². The molecule has 0 fully saturated rings. The molecule has 0 aliphatic carbocycles. The second-order valence-corrected chi connectivity index (χ2v) is 2.61. The van der Waals surface area contributed by atoms with Crippen molar-refractivity contribution in [2.75, 3.05) is 27.7 Å². The van der Waals surface area contributed by atoms with E-state index in [1.54, 1.807) is 0 Å². The third-order valence-corrected chi connectivity index (χ3v) is 0.949. The van der Waals surface area contributed by atoms with Crippen LogP contribution in [0.3, 0.4) is 0 Å². The fourth-order valence-electron chi connectivity index (χ4n) is 0. The Morgan fingerprint density at radius 2 is 1.25 bits per heavy atom. The summed E-state index contributed by atoms with van der Waals surface area (Å²) in [5.41, 5.74) is 0. The van der Waals surface area contributed by atoms with Crippen LogP contribution in [0.25, 0.3) is 0 Å². The maximum absolute atomic E-state index is 2.18. The Labute approximate surface area is 57.8 Å². The van der Waals surface area contributed by atoms with Crippen molar-refractivity contribution in [3.05, 3.63) is 0 Å². The van der Waals surface area contributed by atoms with E-state index in [1.165, 1.54) is 6.54 Å². The van der Waals surface area contributed by atoms with Crippen LogP contribution in [-0.4, -0.2) is 37.6 Å². The number of rotatable bonds is 1. The van der Waals surface area contributed by atoms with Gasteiger partial charge in [0.1, 0.15) is 0 Å². The molecular formula is C5H16ClNO. The highest BCUT2D eigenvalue weighted by Gasteiger charge is 1.97. The smallest absolute Gasteiger partial charge is 0.0751 e. The molecule has 0 unspecified atom stereocenters. The Hall–Kier alpha value is 0.210. The highest BCUT2D eigenvalue weighted by molar-refractivity contribution is 4.06. The summed E-state index contributed by atoms with van der Waals surface area (Å²) < 4.78 is 1.07. The van der Waals surface area contributed by atoms with Gasteiger partial charge in [-0.2, -0.15) is 0 Å². The molecule has 0 spiro atoms. The molecule has 0 atom stereocenters. The number of hydrogen-bond donors (Lipinski definition) is 0. The van der Waals surface area contributed by atoms with Crippen molar-refractivity contribution in [1.82, 2.24) is 0 Å². The largest absolute Gasteiger partial charge is 1.00 e. The summed E-state index contributed by atoms with van der Waals surface area (Å²) in [6.45, 7) is 3.39. The second kappa shape index (κ2) is 5.35. The van der Waals surface area contributed by atoms with E-state index >= 15 is 0 Å². The van der Waals surface area contributed by atoms with Gasteiger partial charge in [0.2, 0.25) is 0 Å². The number of hydrogen-bond acceptors (Lipinski definition) is 0. The third-order valence-electron chi connectivity index (χ3n) is 0.949. The summed E-state index contributed by atoms with van der Waals surface area (Å²) in [7, 11) is 6.54. The van der Waals surface area contributed by atoms with Crippen LogP contribution in [-0.2, 0) is 0 Å². The average molecular weight is 142 g/mol. The fraction of sp³-hybridized carbons (Fsp3) is 1.00. The van der Waals surface area contributed by atoms with Gasteiger partial charge in [0.05, 0.1) is 27.7 Å². The first-order valence-corrected chi connectivity index (χ1v) is 2.36. The first-order chi connectivity index (χ1) is 2.56. The van der Waals surface area contributed by atoms with Crippen LogP contribution in [0.2, 0.25) is 0 Å². The topological polar surface area (TPSA) is 31.5 Å². The Kier molecular flexibility index (Phi) is 10.5. The van der Waals surface area contributed by atoms with Crippen LogP contribution >= 0.6 is 0 Å². The predicted molar refractivity (Wildman–Crippen MR) is 32.2 cm³/mol. The molecule has 0 aliphatic heterocycles. The summed E-state index contributed by atoms with van der Waals surface area (Å²) in [5.74, 6) is 0. The molecule has 0 aromatic carbocycles. The Morgan fingerprint density at radius 1 is 1.12 bits per heavy atom. The minimum Gasteiger partial charge on any atom is -1.00 e. The summed E-state index contributed by atoms with van der Waals surface area (Å²) in [4.78, 5) is 0. The van der Waals surface area contributed by atoms with Crippen LogP contribution in [0.4, 0.5) is 0 Å². The number of nitrogens with zero attached hydrogens (tertiary/aromatic N) is 1. The van der Waals surface area contributed by atoms with Gasteiger partial charge in [0, 0.05) is 0 Å². The highest BCUT2D eigenvalue weighted by atomic mass is 35.5. The van der Waals surface area contributed by atoms with Crippen molar-refractivity contribution in [3.8, 4) is 0 Å². The van der Waals surface area contributed by atoms with E-state index in [0.717, 1.165) is 4.48 Å². The molecule has 3 heteroatoms. The SMILES string of the molecule is CC[N+](C)(C)C.O.[Cl-]. The molecule has 2 nitrogen and oxygen atoms in total. The van der Waals surface area contributed by atoms with Crippen molar-refractivity contribution in [2.45, 2.75) is 6.92 Å². The fourth-order valence-corrected chi connectivity index (χ4v) is 0. The zero-order valence-electron chi connectivity index (χ0n) is 6.03. The lowest BCUT2D eigenvalue weighted by atomic mass is 10.6. The number of quaternary nitrogens is 1. The van der Waals surface area contributed by atoms with Crippen molar-refractivity contribution < 1.29 is 22.4 Å². The monoisotopic (exact) mass is 141 g/mol. The van der Waals surface area contributed by atoms with E-state index in [0.29, 0.717) is 0 Å². The Bertz CT molecular complexity index is 42.2. The van der Waals surface area contributed by atoms with E-state index in [1.807, 2.05) is 0 Å². The van der Waals surface area contributed by atoms with Gasteiger partial charge < -0.3 is 22.4 Å². The van der Waals surface area contributed by atoms with Gasteiger partial charge in [0.15, 0.2) is 0 Å². The molecule has 0 radical (unpaired) electrons. The summed E-state index contributed by atoms with van der Waals surface area (Å²) in [6.07, 6.45) is 0. The van der Waals surface area contributed by atoms with Crippen molar-refractivity contribution in [1.29, 1.82) is 0 Å². The summed E-state index contributed by atoms with van der Waals surface area (Å²) in [6, 6.07) is 0.